The smallest absolute Gasteiger partial charge is 0.0105 e. The second kappa shape index (κ2) is 6.88. The standard InChI is InChI=1S/C15H23NS2/c1-11-8-15(18-3)13(10-14(11)17-2)9-12-4-6-16-7-5-12/h8,10,12,16H,4-7,9H2,1-3H3. The highest BCUT2D eigenvalue weighted by atomic mass is 32.2. The number of thioether (sulfide) groups is 2. The molecule has 100 valence electrons. The number of nitrogens with one attached hydrogen (secondary N) is 1. The molecule has 0 saturated carbocycles. The number of hydrogen-bond acceptors (Lipinski definition) is 3. The Morgan fingerprint density at radius 2 is 1.78 bits per heavy atom. The summed E-state index contributed by atoms with van der Waals surface area (Å²) in [7, 11) is 0. The van der Waals surface area contributed by atoms with Gasteiger partial charge in [-0.15, -0.1) is 23.5 Å². The van der Waals surface area contributed by atoms with Crippen LogP contribution < -0.4 is 5.32 Å². The molecule has 1 aliphatic rings. The van der Waals surface area contributed by atoms with Crippen LogP contribution in [-0.2, 0) is 6.42 Å². The first-order valence-corrected chi connectivity index (χ1v) is 9.11. The van der Waals surface area contributed by atoms with Crippen molar-refractivity contribution < 1.29 is 0 Å². The summed E-state index contributed by atoms with van der Waals surface area (Å²) < 4.78 is 0. The van der Waals surface area contributed by atoms with E-state index in [9.17, 15) is 0 Å². The van der Waals surface area contributed by atoms with Crippen molar-refractivity contribution in [1.29, 1.82) is 0 Å². The van der Waals surface area contributed by atoms with Crippen LogP contribution in [0.5, 0.6) is 0 Å². The van der Waals surface area contributed by atoms with Gasteiger partial charge in [0, 0.05) is 9.79 Å². The largest absolute Gasteiger partial charge is 0.317 e. The maximum Gasteiger partial charge on any atom is 0.0105 e. The molecule has 1 saturated heterocycles. The number of piperidine rings is 1. The van der Waals surface area contributed by atoms with Gasteiger partial charge in [-0.25, -0.2) is 0 Å². The van der Waals surface area contributed by atoms with Crippen molar-refractivity contribution in [3.8, 4) is 0 Å². The van der Waals surface area contributed by atoms with E-state index in [0.29, 0.717) is 0 Å². The Balaban J connectivity index is 2.18. The molecule has 1 fully saturated rings. The highest BCUT2D eigenvalue weighted by molar-refractivity contribution is 7.99. The fourth-order valence-corrected chi connectivity index (χ4v) is 4.01. The van der Waals surface area contributed by atoms with Crippen LogP contribution in [-0.4, -0.2) is 25.6 Å². The maximum absolute atomic E-state index is 3.45. The molecule has 0 unspecified atom stereocenters. The van der Waals surface area contributed by atoms with Gasteiger partial charge >= 0.3 is 0 Å². The molecule has 18 heavy (non-hydrogen) atoms. The molecule has 1 aromatic rings. The molecule has 0 bridgehead atoms. The quantitative estimate of drug-likeness (QED) is 0.838. The summed E-state index contributed by atoms with van der Waals surface area (Å²) in [6, 6.07) is 4.79. The van der Waals surface area contributed by atoms with Crippen LogP contribution in [0.1, 0.15) is 24.0 Å². The molecule has 0 spiro atoms. The van der Waals surface area contributed by atoms with Crippen molar-refractivity contribution in [2.24, 2.45) is 5.92 Å². The van der Waals surface area contributed by atoms with Gasteiger partial charge in [-0.1, -0.05) is 0 Å². The zero-order valence-corrected chi connectivity index (χ0v) is 13.2. The molecule has 1 N–H and O–H groups in total. The predicted octanol–water partition coefficient (Wildman–Crippen LogP) is 3.98. The molecule has 1 nitrogen and oxygen atoms in total. The summed E-state index contributed by atoms with van der Waals surface area (Å²) in [5.74, 6) is 0.870. The number of aryl methyl sites for hydroxylation is 1. The molecule has 0 atom stereocenters. The topological polar surface area (TPSA) is 12.0 Å². The van der Waals surface area contributed by atoms with Crippen LogP contribution in [0.3, 0.4) is 0 Å². The summed E-state index contributed by atoms with van der Waals surface area (Å²) in [6.07, 6.45) is 8.28. The van der Waals surface area contributed by atoms with Gasteiger partial charge in [0.05, 0.1) is 0 Å². The van der Waals surface area contributed by atoms with Crippen LogP contribution in [0.2, 0.25) is 0 Å². The first-order chi connectivity index (χ1) is 8.74. The SMILES string of the molecule is CSc1cc(CC2CCNCC2)c(SC)cc1C. The van der Waals surface area contributed by atoms with Crippen LogP contribution >= 0.6 is 23.5 Å². The first kappa shape index (κ1) is 14.3. The fourth-order valence-electron chi connectivity index (χ4n) is 2.67. The lowest BCUT2D eigenvalue weighted by Gasteiger charge is -2.24. The van der Waals surface area contributed by atoms with E-state index in [-0.39, 0.29) is 0 Å². The molecule has 0 amide bonds. The number of benzene rings is 1. The maximum atomic E-state index is 3.45. The summed E-state index contributed by atoms with van der Waals surface area (Å²) in [5.41, 5.74) is 2.98. The average Bonchev–Trinajstić information content (AvgIpc) is 2.41. The van der Waals surface area contributed by atoms with Crippen LogP contribution in [0.25, 0.3) is 0 Å². The number of hydrogen-bond donors (Lipinski definition) is 1. The Labute approximate surface area is 120 Å². The van der Waals surface area contributed by atoms with Gasteiger partial charge in [-0.3, -0.25) is 0 Å². The van der Waals surface area contributed by atoms with Gasteiger partial charge in [0.1, 0.15) is 0 Å². The zero-order chi connectivity index (χ0) is 13.0. The molecule has 0 radical (unpaired) electrons. The van der Waals surface area contributed by atoms with Gasteiger partial charge in [-0.2, -0.15) is 0 Å². The monoisotopic (exact) mass is 281 g/mol. The van der Waals surface area contributed by atoms with Crippen molar-refractivity contribution >= 4 is 23.5 Å². The Kier molecular flexibility index (Phi) is 5.46. The predicted molar refractivity (Wildman–Crippen MR) is 84.0 cm³/mol. The van der Waals surface area contributed by atoms with E-state index in [1.54, 1.807) is 5.56 Å². The van der Waals surface area contributed by atoms with Gasteiger partial charge < -0.3 is 5.32 Å². The lowest BCUT2D eigenvalue weighted by Crippen LogP contribution is -2.28. The Hall–Kier alpha value is -0.120. The van der Waals surface area contributed by atoms with E-state index in [0.717, 1.165) is 5.92 Å². The molecule has 0 aromatic heterocycles. The Bertz CT molecular complexity index is 398. The minimum absolute atomic E-state index is 0.870. The zero-order valence-electron chi connectivity index (χ0n) is 11.6. The van der Waals surface area contributed by atoms with E-state index in [4.69, 9.17) is 0 Å². The lowest BCUT2D eigenvalue weighted by atomic mass is 9.91. The molecular weight excluding hydrogens is 258 g/mol. The van der Waals surface area contributed by atoms with Crippen molar-refractivity contribution in [3.63, 3.8) is 0 Å². The van der Waals surface area contributed by atoms with Crippen molar-refractivity contribution in [2.45, 2.75) is 36.0 Å². The third kappa shape index (κ3) is 3.46. The van der Waals surface area contributed by atoms with Gasteiger partial charge in [-0.05, 0) is 81.0 Å². The van der Waals surface area contributed by atoms with Crippen molar-refractivity contribution in [3.05, 3.63) is 23.3 Å². The Morgan fingerprint density at radius 1 is 1.11 bits per heavy atom. The molecule has 1 aromatic carbocycles. The highest BCUT2D eigenvalue weighted by Gasteiger charge is 2.16. The van der Waals surface area contributed by atoms with E-state index in [2.05, 4.69) is 36.9 Å². The highest BCUT2D eigenvalue weighted by Crippen LogP contribution is 2.31. The van der Waals surface area contributed by atoms with Gasteiger partial charge in [0.15, 0.2) is 0 Å². The van der Waals surface area contributed by atoms with E-state index < -0.39 is 0 Å². The molecular formula is C15H23NS2. The van der Waals surface area contributed by atoms with Gasteiger partial charge in [0.2, 0.25) is 0 Å². The average molecular weight is 281 g/mol. The van der Waals surface area contributed by atoms with E-state index in [1.165, 1.54) is 47.7 Å². The summed E-state index contributed by atoms with van der Waals surface area (Å²) >= 11 is 3.76. The molecule has 1 heterocycles. The third-order valence-electron chi connectivity index (χ3n) is 3.77. The minimum atomic E-state index is 0.870. The van der Waals surface area contributed by atoms with Gasteiger partial charge in [0.25, 0.3) is 0 Å². The van der Waals surface area contributed by atoms with E-state index >= 15 is 0 Å². The first-order valence-electron chi connectivity index (χ1n) is 6.66. The fraction of sp³-hybridized carbons (Fsp3) is 0.600. The Morgan fingerprint density at radius 3 is 2.39 bits per heavy atom. The summed E-state index contributed by atoms with van der Waals surface area (Å²) in [4.78, 5) is 2.92. The normalized spacial score (nSPS) is 17.1. The third-order valence-corrected chi connectivity index (χ3v) is 5.46. The molecule has 1 aliphatic heterocycles. The molecule has 3 heteroatoms. The van der Waals surface area contributed by atoms with Crippen LogP contribution in [0.4, 0.5) is 0 Å². The summed E-state index contributed by atoms with van der Waals surface area (Å²) in [5, 5.41) is 3.45. The van der Waals surface area contributed by atoms with Crippen LogP contribution in [0, 0.1) is 12.8 Å². The van der Waals surface area contributed by atoms with Crippen LogP contribution in [0.15, 0.2) is 21.9 Å². The minimum Gasteiger partial charge on any atom is -0.317 e. The van der Waals surface area contributed by atoms with Crippen molar-refractivity contribution in [1.82, 2.24) is 5.32 Å². The number of rotatable bonds is 4. The summed E-state index contributed by atoms with van der Waals surface area (Å²) in [6.45, 7) is 4.61. The lowest BCUT2D eigenvalue weighted by molar-refractivity contribution is 0.371. The molecule has 2 rings (SSSR count). The second-order valence-electron chi connectivity index (χ2n) is 5.03. The second-order valence-corrected chi connectivity index (χ2v) is 6.73. The van der Waals surface area contributed by atoms with E-state index in [1.807, 2.05) is 23.5 Å². The molecule has 0 aliphatic carbocycles. The van der Waals surface area contributed by atoms with Crippen molar-refractivity contribution in [2.75, 3.05) is 25.6 Å².